The number of nitrogens with one attached hydrogen (secondary N) is 1. The van der Waals surface area contributed by atoms with Crippen molar-refractivity contribution in [2.45, 2.75) is 37.8 Å². The van der Waals surface area contributed by atoms with E-state index in [9.17, 15) is 9.59 Å². The van der Waals surface area contributed by atoms with Gasteiger partial charge in [-0.2, -0.15) is 0 Å². The van der Waals surface area contributed by atoms with Gasteiger partial charge in [0.25, 0.3) is 5.54 Å². The fraction of sp³-hybridized carbons (Fsp3) is 0.800. The maximum Gasteiger partial charge on any atom is 0.350 e. The molecule has 0 atom stereocenters. The Balaban J connectivity index is 2.33. The fourth-order valence-corrected chi connectivity index (χ4v) is 2.00. The van der Waals surface area contributed by atoms with Crippen LogP contribution in [-0.4, -0.2) is 36.2 Å². The van der Waals surface area contributed by atoms with Crippen LogP contribution in [0.25, 0.3) is 0 Å². The highest BCUT2D eigenvalue weighted by Crippen LogP contribution is 2.51. The van der Waals surface area contributed by atoms with Crippen LogP contribution in [0.2, 0.25) is 0 Å². The summed E-state index contributed by atoms with van der Waals surface area (Å²) in [7, 11) is 0. The molecule has 0 unspecified atom stereocenters. The molecule has 0 saturated heterocycles. The summed E-state index contributed by atoms with van der Waals surface area (Å²) in [4.78, 5) is 24.0. The Bertz CT molecular complexity index is 358. The Morgan fingerprint density at radius 2 is 1.71 bits per heavy atom. The lowest BCUT2D eigenvalue weighted by atomic mass is 9.89. The molecule has 7 nitrogen and oxygen atoms in total. The molecule has 1 saturated carbocycles. The molecule has 0 aromatic heterocycles. The molecule has 94 valence electrons. The maximum absolute atomic E-state index is 12.0. The standard InChI is InChI=1S/C10H15N3O4/c1-3-16-7(14)10(8(15)17-4-2)9(5-6-9)11-13-12-10/h3-6H2,1-2H3,(H,11,12). The van der Waals surface area contributed by atoms with Crippen molar-refractivity contribution in [2.75, 3.05) is 13.2 Å². The first-order valence-corrected chi connectivity index (χ1v) is 5.66. The van der Waals surface area contributed by atoms with Crippen molar-refractivity contribution in [1.82, 2.24) is 5.43 Å². The Hall–Kier alpha value is -1.66. The summed E-state index contributed by atoms with van der Waals surface area (Å²) in [5.74, 6) is -1.38. The van der Waals surface area contributed by atoms with Crippen LogP contribution in [-0.2, 0) is 19.1 Å². The molecule has 1 aliphatic carbocycles. The predicted molar refractivity (Wildman–Crippen MR) is 56.0 cm³/mol. The van der Waals surface area contributed by atoms with Gasteiger partial charge in [-0.15, -0.1) is 5.11 Å². The number of carbonyl (C=O) groups is 2. The zero-order valence-corrected chi connectivity index (χ0v) is 9.86. The number of ether oxygens (including phenoxy) is 2. The number of esters is 2. The average molecular weight is 241 g/mol. The molecular formula is C10H15N3O4. The van der Waals surface area contributed by atoms with E-state index in [1.54, 1.807) is 13.8 Å². The number of hydrogen-bond donors (Lipinski definition) is 1. The minimum Gasteiger partial charge on any atom is -0.464 e. The van der Waals surface area contributed by atoms with Gasteiger partial charge in [-0.1, -0.05) is 5.22 Å². The van der Waals surface area contributed by atoms with E-state index in [1.807, 2.05) is 0 Å². The summed E-state index contributed by atoms with van der Waals surface area (Å²) >= 11 is 0. The molecule has 1 heterocycles. The molecule has 0 aromatic rings. The van der Waals surface area contributed by atoms with Crippen LogP contribution in [0, 0.1) is 0 Å². The van der Waals surface area contributed by atoms with Crippen molar-refractivity contribution in [3.05, 3.63) is 0 Å². The van der Waals surface area contributed by atoms with E-state index in [4.69, 9.17) is 9.47 Å². The van der Waals surface area contributed by atoms with Crippen molar-refractivity contribution in [1.29, 1.82) is 0 Å². The minimum absolute atomic E-state index is 0.186. The minimum atomic E-state index is -1.65. The van der Waals surface area contributed by atoms with Crippen LogP contribution in [0.15, 0.2) is 10.3 Å². The molecule has 0 amide bonds. The lowest BCUT2D eigenvalue weighted by Crippen LogP contribution is -2.58. The number of nitrogens with zero attached hydrogens (tertiary/aromatic N) is 2. The van der Waals surface area contributed by atoms with E-state index in [0.717, 1.165) is 0 Å². The fourth-order valence-electron chi connectivity index (χ4n) is 2.00. The van der Waals surface area contributed by atoms with Gasteiger partial charge in [-0.05, 0) is 26.7 Å². The third-order valence-corrected chi connectivity index (χ3v) is 3.05. The SMILES string of the molecule is CCOC(=O)C1(C(=O)OCC)N=NNC12CC2. The number of hydrogen-bond acceptors (Lipinski definition) is 7. The van der Waals surface area contributed by atoms with Gasteiger partial charge in [0.1, 0.15) is 5.54 Å². The van der Waals surface area contributed by atoms with Gasteiger partial charge in [0.2, 0.25) is 0 Å². The third kappa shape index (κ3) is 1.49. The van der Waals surface area contributed by atoms with Crippen LogP contribution in [0.3, 0.4) is 0 Å². The molecule has 1 spiro atoms. The summed E-state index contributed by atoms with van der Waals surface area (Å²) in [5, 5.41) is 7.42. The summed E-state index contributed by atoms with van der Waals surface area (Å²) in [6, 6.07) is 0. The quantitative estimate of drug-likeness (QED) is 0.566. The first-order chi connectivity index (χ1) is 8.13. The molecule has 0 aromatic carbocycles. The predicted octanol–water partition coefficient (Wildman–Crippen LogP) is 0.354. The second-order valence-electron chi connectivity index (χ2n) is 4.05. The molecule has 2 aliphatic rings. The summed E-state index contributed by atoms with van der Waals surface area (Å²) in [5.41, 5.74) is 0.349. The van der Waals surface area contributed by atoms with Crippen LogP contribution in [0.5, 0.6) is 0 Å². The van der Waals surface area contributed by atoms with Crippen molar-refractivity contribution < 1.29 is 19.1 Å². The largest absolute Gasteiger partial charge is 0.464 e. The number of carbonyl (C=O) groups excluding carboxylic acids is 2. The lowest BCUT2D eigenvalue weighted by Gasteiger charge is -2.26. The highest BCUT2D eigenvalue weighted by atomic mass is 16.6. The molecule has 17 heavy (non-hydrogen) atoms. The number of rotatable bonds is 4. The smallest absolute Gasteiger partial charge is 0.350 e. The van der Waals surface area contributed by atoms with Gasteiger partial charge in [0, 0.05) is 0 Å². The molecule has 2 rings (SSSR count). The van der Waals surface area contributed by atoms with E-state index in [1.165, 1.54) is 0 Å². The molecule has 1 aliphatic heterocycles. The highest BCUT2D eigenvalue weighted by molar-refractivity contribution is 6.08. The van der Waals surface area contributed by atoms with Gasteiger partial charge >= 0.3 is 11.9 Å². The average Bonchev–Trinajstić information content (AvgIpc) is 2.94. The Morgan fingerprint density at radius 1 is 1.18 bits per heavy atom. The second-order valence-corrected chi connectivity index (χ2v) is 4.05. The van der Waals surface area contributed by atoms with Crippen molar-refractivity contribution in [2.24, 2.45) is 10.3 Å². The first-order valence-electron chi connectivity index (χ1n) is 5.66. The molecule has 0 bridgehead atoms. The van der Waals surface area contributed by atoms with Crippen LogP contribution < -0.4 is 5.43 Å². The van der Waals surface area contributed by atoms with E-state index in [0.29, 0.717) is 12.8 Å². The summed E-state index contributed by atoms with van der Waals surface area (Å²) in [6.45, 7) is 3.73. The zero-order valence-electron chi connectivity index (χ0n) is 9.86. The van der Waals surface area contributed by atoms with Gasteiger partial charge in [-0.3, -0.25) is 5.43 Å². The Labute approximate surface area is 98.5 Å². The zero-order chi connectivity index (χ0) is 12.5. The maximum atomic E-state index is 12.0. The Morgan fingerprint density at radius 3 is 2.12 bits per heavy atom. The van der Waals surface area contributed by atoms with Gasteiger partial charge < -0.3 is 9.47 Å². The molecule has 0 radical (unpaired) electrons. The first kappa shape index (κ1) is 11.8. The monoisotopic (exact) mass is 241 g/mol. The van der Waals surface area contributed by atoms with Crippen LogP contribution in [0.4, 0.5) is 0 Å². The van der Waals surface area contributed by atoms with E-state index in [2.05, 4.69) is 15.8 Å². The molecule has 7 heteroatoms. The van der Waals surface area contributed by atoms with Crippen LogP contribution in [0.1, 0.15) is 26.7 Å². The lowest BCUT2D eigenvalue weighted by molar-refractivity contribution is -0.165. The van der Waals surface area contributed by atoms with Crippen molar-refractivity contribution in [3.63, 3.8) is 0 Å². The van der Waals surface area contributed by atoms with Gasteiger partial charge in [0.05, 0.1) is 13.2 Å². The molecule has 1 N–H and O–H groups in total. The molecular weight excluding hydrogens is 226 g/mol. The highest BCUT2D eigenvalue weighted by Gasteiger charge is 2.74. The second kappa shape index (κ2) is 3.97. The van der Waals surface area contributed by atoms with Crippen molar-refractivity contribution in [3.8, 4) is 0 Å². The van der Waals surface area contributed by atoms with Gasteiger partial charge in [0.15, 0.2) is 0 Å². The third-order valence-electron chi connectivity index (χ3n) is 3.05. The molecule has 1 fully saturated rings. The van der Waals surface area contributed by atoms with E-state index in [-0.39, 0.29) is 13.2 Å². The van der Waals surface area contributed by atoms with Gasteiger partial charge in [-0.25, -0.2) is 9.59 Å². The van der Waals surface area contributed by atoms with Crippen molar-refractivity contribution >= 4 is 11.9 Å². The van der Waals surface area contributed by atoms with E-state index < -0.39 is 23.0 Å². The van der Waals surface area contributed by atoms with E-state index >= 15 is 0 Å². The Kier molecular flexibility index (Phi) is 2.76. The normalized spacial score (nSPS) is 22.0. The summed E-state index contributed by atoms with van der Waals surface area (Å²) < 4.78 is 9.88. The topological polar surface area (TPSA) is 89.4 Å². The summed E-state index contributed by atoms with van der Waals surface area (Å²) in [6.07, 6.45) is 1.30. The van der Waals surface area contributed by atoms with Crippen LogP contribution >= 0.6 is 0 Å².